The molecule has 0 radical (unpaired) electrons. The molecular weight excluding hydrogens is 416 g/mol. The van der Waals surface area contributed by atoms with Crippen LogP contribution >= 0.6 is 0 Å². The number of aryl methyl sites for hydroxylation is 2. The molecule has 0 fully saturated rings. The van der Waals surface area contributed by atoms with Crippen LogP contribution in [0.1, 0.15) is 29.2 Å². The quantitative estimate of drug-likeness (QED) is 0.584. The molecule has 0 aliphatic heterocycles. The molecule has 10 heteroatoms. The molecule has 0 aliphatic rings. The number of likely N-dealkylation sites (N-methyl/N-ethyl adjacent to an activating group) is 1. The normalized spacial score (nSPS) is 12.3. The van der Waals surface area contributed by atoms with Gasteiger partial charge in [-0.3, -0.25) is 9.59 Å². The van der Waals surface area contributed by atoms with Crippen molar-refractivity contribution in [2.45, 2.75) is 31.2 Å². The second-order valence-corrected chi connectivity index (χ2v) is 8.44. The molecule has 0 saturated heterocycles. The maximum absolute atomic E-state index is 13.5. The minimum atomic E-state index is -3.82. The highest BCUT2D eigenvalue weighted by Crippen LogP contribution is 2.18. The van der Waals surface area contributed by atoms with Crippen LogP contribution in [-0.2, 0) is 19.6 Å². The Morgan fingerprint density at radius 3 is 2.37 bits per heavy atom. The molecular formula is C20H23F2N3O4S. The monoisotopic (exact) mass is 439 g/mol. The van der Waals surface area contributed by atoms with E-state index in [0.717, 1.165) is 17.7 Å². The van der Waals surface area contributed by atoms with Gasteiger partial charge in [-0.1, -0.05) is 18.2 Å². The van der Waals surface area contributed by atoms with E-state index >= 15 is 0 Å². The van der Waals surface area contributed by atoms with Gasteiger partial charge in [0.1, 0.15) is 6.04 Å². The zero-order valence-corrected chi connectivity index (χ0v) is 17.6. The van der Waals surface area contributed by atoms with Crippen molar-refractivity contribution in [2.75, 3.05) is 13.6 Å². The molecule has 30 heavy (non-hydrogen) atoms. The van der Waals surface area contributed by atoms with E-state index in [1.54, 1.807) is 26.0 Å². The highest BCUT2D eigenvalue weighted by Gasteiger charge is 2.23. The molecule has 0 aromatic heterocycles. The van der Waals surface area contributed by atoms with Gasteiger partial charge in [0.2, 0.25) is 21.8 Å². The van der Waals surface area contributed by atoms with Crippen LogP contribution in [0, 0.1) is 25.5 Å². The molecule has 1 atom stereocenters. The Balaban J connectivity index is 2.04. The number of hydrogen-bond acceptors (Lipinski definition) is 4. The second-order valence-electron chi connectivity index (χ2n) is 6.71. The van der Waals surface area contributed by atoms with Crippen molar-refractivity contribution in [2.24, 2.45) is 0 Å². The van der Waals surface area contributed by atoms with Crippen molar-refractivity contribution in [1.29, 1.82) is 0 Å². The average molecular weight is 439 g/mol. The summed E-state index contributed by atoms with van der Waals surface area (Å²) in [5.41, 5.74) is 1.40. The Kier molecular flexibility index (Phi) is 7.63. The number of hydrogen-bond donors (Lipinski definition) is 3. The number of sulfonamides is 1. The van der Waals surface area contributed by atoms with Crippen LogP contribution < -0.4 is 15.4 Å². The predicted molar refractivity (Wildman–Crippen MR) is 107 cm³/mol. The first-order valence-electron chi connectivity index (χ1n) is 9.08. The van der Waals surface area contributed by atoms with E-state index in [1.807, 2.05) is 0 Å². The lowest BCUT2D eigenvalue weighted by Gasteiger charge is -2.18. The zero-order valence-electron chi connectivity index (χ0n) is 16.8. The first kappa shape index (κ1) is 23.4. The molecule has 2 amide bonds. The molecule has 162 valence electrons. The number of benzene rings is 2. The average Bonchev–Trinajstić information content (AvgIpc) is 2.69. The van der Waals surface area contributed by atoms with Gasteiger partial charge < -0.3 is 10.6 Å². The molecule has 1 unspecified atom stereocenters. The third kappa shape index (κ3) is 5.83. The van der Waals surface area contributed by atoms with E-state index in [4.69, 9.17) is 0 Å². The Hall–Kier alpha value is -2.85. The SMILES string of the molecule is CNC(=O)C(NC(=O)CCNS(=O)(=O)c1cc(C)ccc1C)c1ccc(F)c(F)c1. The van der Waals surface area contributed by atoms with Gasteiger partial charge in [0.15, 0.2) is 11.6 Å². The molecule has 0 heterocycles. The Labute approximate surface area is 173 Å². The summed E-state index contributed by atoms with van der Waals surface area (Å²) in [5, 5.41) is 4.74. The standard InChI is InChI=1S/C20H23F2N3O4S/c1-12-4-5-13(2)17(10-12)30(28,29)24-9-8-18(26)25-19(20(27)23-3)14-6-7-15(21)16(22)11-14/h4-7,10-11,19,24H,8-9H2,1-3H3,(H,23,27)(H,25,26). The molecule has 2 aromatic carbocycles. The Bertz CT molecular complexity index is 1060. The first-order valence-corrected chi connectivity index (χ1v) is 10.6. The summed E-state index contributed by atoms with van der Waals surface area (Å²) in [6, 6.07) is 6.60. The molecule has 0 spiro atoms. The molecule has 0 bridgehead atoms. The maximum atomic E-state index is 13.5. The third-order valence-corrected chi connectivity index (χ3v) is 5.97. The maximum Gasteiger partial charge on any atom is 0.246 e. The number of halogens is 2. The van der Waals surface area contributed by atoms with E-state index in [2.05, 4.69) is 15.4 Å². The number of nitrogens with one attached hydrogen (secondary N) is 3. The highest BCUT2D eigenvalue weighted by molar-refractivity contribution is 7.89. The molecule has 3 N–H and O–H groups in total. The summed E-state index contributed by atoms with van der Waals surface area (Å²) in [4.78, 5) is 24.4. The van der Waals surface area contributed by atoms with Gasteiger partial charge in [0, 0.05) is 20.0 Å². The van der Waals surface area contributed by atoms with Crippen LogP contribution in [0.15, 0.2) is 41.3 Å². The Morgan fingerprint density at radius 2 is 1.73 bits per heavy atom. The minimum absolute atomic E-state index is 0.0533. The van der Waals surface area contributed by atoms with Gasteiger partial charge in [0.25, 0.3) is 0 Å². The van der Waals surface area contributed by atoms with Crippen LogP contribution in [0.2, 0.25) is 0 Å². The van der Waals surface area contributed by atoms with Crippen molar-refractivity contribution < 1.29 is 26.8 Å². The summed E-state index contributed by atoms with van der Waals surface area (Å²) < 4.78 is 53.9. The topological polar surface area (TPSA) is 104 Å². The van der Waals surface area contributed by atoms with Crippen molar-refractivity contribution in [3.63, 3.8) is 0 Å². The fraction of sp³-hybridized carbons (Fsp3) is 0.300. The zero-order chi connectivity index (χ0) is 22.5. The predicted octanol–water partition coefficient (Wildman–Crippen LogP) is 1.85. The van der Waals surface area contributed by atoms with Gasteiger partial charge in [-0.05, 0) is 48.7 Å². The fourth-order valence-electron chi connectivity index (χ4n) is 2.74. The summed E-state index contributed by atoms with van der Waals surface area (Å²) in [5.74, 6) is -3.51. The van der Waals surface area contributed by atoms with Crippen molar-refractivity contribution >= 4 is 21.8 Å². The van der Waals surface area contributed by atoms with E-state index < -0.39 is 39.5 Å². The fourth-order valence-corrected chi connectivity index (χ4v) is 4.10. The number of rotatable bonds is 8. The minimum Gasteiger partial charge on any atom is -0.357 e. The van der Waals surface area contributed by atoms with Crippen LogP contribution in [-0.4, -0.2) is 33.8 Å². The summed E-state index contributed by atoms with van der Waals surface area (Å²) in [7, 11) is -2.49. The molecule has 0 aliphatic carbocycles. The molecule has 2 aromatic rings. The van der Waals surface area contributed by atoms with E-state index in [9.17, 15) is 26.8 Å². The summed E-state index contributed by atoms with van der Waals surface area (Å²) in [6.07, 6.45) is -0.263. The highest BCUT2D eigenvalue weighted by atomic mass is 32.2. The van der Waals surface area contributed by atoms with Crippen LogP contribution in [0.4, 0.5) is 8.78 Å². The smallest absolute Gasteiger partial charge is 0.246 e. The van der Waals surface area contributed by atoms with E-state index in [-0.39, 0.29) is 23.4 Å². The van der Waals surface area contributed by atoms with Gasteiger partial charge in [-0.2, -0.15) is 0 Å². The Morgan fingerprint density at radius 1 is 1.03 bits per heavy atom. The lowest BCUT2D eigenvalue weighted by molar-refractivity contribution is -0.128. The van der Waals surface area contributed by atoms with Crippen molar-refractivity contribution in [1.82, 2.24) is 15.4 Å². The summed E-state index contributed by atoms with van der Waals surface area (Å²) in [6.45, 7) is 3.22. The third-order valence-electron chi connectivity index (χ3n) is 4.37. The number of carbonyl (C=O) groups excluding carboxylic acids is 2. The summed E-state index contributed by atoms with van der Waals surface area (Å²) >= 11 is 0. The van der Waals surface area contributed by atoms with Gasteiger partial charge in [0.05, 0.1) is 4.90 Å². The number of amides is 2. The van der Waals surface area contributed by atoms with Crippen molar-refractivity contribution in [3.05, 3.63) is 64.7 Å². The van der Waals surface area contributed by atoms with Crippen LogP contribution in [0.25, 0.3) is 0 Å². The van der Waals surface area contributed by atoms with Crippen LogP contribution in [0.5, 0.6) is 0 Å². The lowest BCUT2D eigenvalue weighted by atomic mass is 10.1. The molecule has 7 nitrogen and oxygen atoms in total. The van der Waals surface area contributed by atoms with E-state index in [1.165, 1.54) is 19.2 Å². The van der Waals surface area contributed by atoms with Gasteiger partial charge in [-0.25, -0.2) is 21.9 Å². The molecule has 0 saturated carbocycles. The van der Waals surface area contributed by atoms with Gasteiger partial charge >= 0.3 is 0 Å². The second kappa shape index (κ2) is 9.77. The molecule has 2 rings (SSSR count). The largest absolute Gasteiger partial charge is 0.357 e. The van der Waals surface area contributed by atoms with Gasteiger partial charge in [-0.15, -0.1) is 0 Å². The van der Waals surface area contributed by atoms with Crippen molar-refractivity contribution in [3.8, 4) is 0 Å². The van der Waals surface area contributed by atoms with E-state index in [0.29, 0.717) is 5.56 Å². The van der Waals surface area contributed by atoms with Crippen LogP contribution in [0.3, 0.4) is 0 Å². The number of carbonyl (C=O) groups is 2. The first-order chi connectivity index (χ1) is 14.0. The lowest BCUT2D eigenvalue weighted by Crippen LogP contribution is -2.40.